The highest BCUT2D eigenvalue weighted by Gasteiger charge is 2.26. The minimum absolute atomic E-state index is 0.283. The Morgan fingerprint density at radius 3 is 2.45 bits per heavy atom. The normalized spacial score (nSPS) is 10.6. The van der Waals surface area contributed by atoms with Crippen molar-refractivity contribution in [3.8, 4) is 17.2 Å². The van der Waals surface area contributed by atoms with Crippen molar-refractivity contribution >= 4 is 17.6 Å². The maximum absolute atomic E-state index is 12.6. The molecule has 3 aromatic rings. The summed E-state index contributed by atoms with van der Waals surface area (Å²) < 4.78 is 7.04. The highest BCUT2D eigenvalue weighted by molar-refractivity contribution is 6.30. The Hall–Kier alpha value is -3.03. The minimum Gasteiger partial charge on any atom is -0.461 e. The molecule has 0 radical (unpaired) electrons. The second kappa shape index (κ2) is 8.98. The molecule has 0 aliphatic rings. The van der Waals surface area contributed by atoms with E-state index >= 15 is 0 Å². The fourth-order valence-electron chi connectivity index (χ4n) is 3.66. The van der Waals surface area contributed by atoms with Gasteiger partial charge in [-0.05, 0) is 48.6 Å². The van der Waals surface area contributed by atoms with Crippen LogP contribution in [-0.4, -0.2) is 17.1 Å². The first-order chi connectivity index (χ1) is 14.0. The largest absolute Gasteiger partial charge is 0.461 e. The van der Waals surface area contributed by atoms with Gasteiger partial charge in [-0.25, -0.2) is 4.79 Å². The lowest BCUT2D eigenvalue weighted by Crippen LogP contribution is -2.12. The second-order valence-corrected chi connectivity index (χ2v) is 7.23. The SMILES string of the molecule is CCOC(=O)c1c(-c2ccc(Cc3cccc(Cl)c3)cc2)c(C#N)c(CC)n1C. The Morgan fingerprint density at radius 1 is 1.14 bits per heavy atom. The Balaban J connectivity index is 2.03. The molecule has 0 atom stereocenters. The lowest BCUT2D eigenvalue weighted by atomic mass is 9.97. The smallest absolute Gasteiger partial charge is 0.355 e. The highest BCUT2D eigenvalue weighted by Crippen LogP contribution is 2.33. The number of carbonyl (C=O) groups excluding carboxylic acids is 1. The standard InChI is InChI=1S/C24H23ClN2O2/c1-4-21-20(15-26)22(23(27(21)3)24(28)29-5-2)18-11-9-16(10-12-18)13-17-7-6-8-19(25)14-17/h6-12,14H,4-5,13H2,1-3H3. The van der Waals surface area contributed by atoms with E-state index in [1.807, 2.05) is 62.5 Å². The van der Waals surface area contributed by atoms with Gasteiger partial charge in [0.25, 0.3) is 0 Å². The van der Waals surface area contributed by atoms with Gasteiger partial charge in [0, 0.05) is 23.3 Å². The zero-order valence-electron chi connectivity index (χ0n) is 16.8. The van der Waals surface area contributed by atoms with Crippen molar-refractivity contribution in [1.82, 2.24) is 4.57 Å². The van der Waals surface area contributed by atoms with Crippen LogP contribution in [-0.2, 0) is 24.6 Å². The summed E-state index contributed by atoms with van der Waals surface area (Å²) in [5.74, 6) is -0.413. The van der Waals surface area contributed by atoms with Gasteiger partial charge in [0.1, 0.15) is 11.8 Å². The van der Waals surface area contributed by atoms with E-state index in [1.165, 1.54) is 0 Å². The number of aromatic nitrogens is 1. The molecule has 1 aromatic heterocycles. The van der Waals surface area contributed by atoms with Crippen molar-refractivity contribution in [3.63, 3.8) is 0 Å². The predicted molar refractivity (Wildman–Crippen MR) is 115 cm³/mol. The number of carbonyl (C=O) groups is 1. The summed E-state index contributed by atoms with van der Waals surface area (Å²) in [6, 6.07) is 18.0. The van der Waals surface area contributed by atoms with Gasteiger partial charge in [-0.1, -0.05) is 54.9 Å². The molecule has 148 valence electrons. The third kappa shape index (κ3) is 4.21. The van der Waals surface area contributed by atoms with Crippen LogP contribution in [0.25, 0.3) is 11.1 Å². The van der Waals surface area contributed by atoms with Crippen molar-refractivity contribution < 1.29 is 9.53 Å². The molecule has 1 heterocycles. The van der Waals surface area contributed by atoms with Gasteiger partial charge in [0.15, 0.2) is 0 Å². The van der Waals surface area contributed by atoms with Gasteiger partial charge in [0.2, 0.25) is 0 Å². The third-order valence-electron chi connectivity index (χ3n) is 4.97. The van der Waals surface area contributed by atoms with Crippen LogP contribution in [0.5, 0.6) is 0 Å². The van der Waals surface area contributed by atoms with Crippen molar-refractivity contribution in [2.45, 2.75) is 26.7 Å². The summed E-state index contributed by atoms with van der Waals surface area (Å²) in [5.41, 5.74) is 5.49. The summed E-state index contributed by atoms with van der Waals surface area (Å²) >= 11 is 6.08. The molecule has 0 saturated carbocycles. The average molecular weight is 407 g/mol. The lowest BCUT2D eigenvalue weighted by molar-refractivity contribution is 0.0516. The second-order valence-electron chi connectivity index (χ2n) is 6.79. The molecule has 0 aliphatic carbocycles. The molecule has 0 N–H and O–H groups in total. The lowest BCUT2D eigenvalue weighted by Gasteiger charge is -2.09. The highest BCUT2D eigenvalue weighted by atomic mass is 35.5. The summed E-state index contributed by atoms with van der Waals surface area (Å²) in [4.78, 5) is 12.6. The van der Waals surface area contributed by atoms with E-state index in [1.54, 1.807) is 11.5 Å². The number of hydrogen-bond donors (Lipinski definition) is 0. The molecule has 0 fully saturated rings. The number of nitrogens with zero attached hydrogens (tertiary/aromatic N) is 2. The molecule has 0 unspecified atom stereocenters. The van der Waals surface area contributed by atoms with E-state index in [4.69, 9.17) is 16.3 Å². The van der Waals surface area contributed by atoms with Crippen molar-refractivity contribution in [2.75, 3.05) is 6.61 Å². The zero-order chi connectivity index (χ0) is 21.0. The first kappa shape index (κ1) is 20.7. The van der Waals surface area contributed by atoms with E-state index in [0.717, 1.165) is 28.8 Å². The fourth-order valence-corrected chi connectivity index (χ4v) is 3.87. The fraction of sp³-hybridized carbons (Fsp3) is 0.250. The van der Waals surface area contributed by atoms with Crippen molar-refractivity contribution in [2.24, 2.45) is 7.05 Å². The Labute approximate surface area is 176 Å². The first-order valence-electron chi connectivity index (χ1n) is 9.62. The van der Waals surface area contributed by atoms with Crippen LogP contribution >= 0.6 is 11.6 Å². The van der Waals surface area contributed by atoms with E-state index in [2.05, 4.69) is 6.07 Å². The number of halogens is 1. The van der Waals surface area contributed by atoms with Crippen LogP contribution in [0.1, 0.15) is 46.7 Å². The van der Waals surface area contributed by atoms with Crippen molar-refractivity contribution in [1.29, 1.82) is 5.26 Å². The molecule has 29 heavy (non-hydrogen) atoms. The Morgan fingerprint density at radius 2 is 1.86 bits per heavy atom. The molecule has 5 heteroatoms. The maximum Gasteiger partial charge on any atom is 0.355 e. The molecule has 0 saturated heterocycles. The molecule has 3 rings (SSSR count). The average Bonchev–Trinajstić information content (AvgIpc) is 3.00. The topological polar surface area (TPSA) is 55.0 Å². The molecule has 0 aliphatic heterocycles. The number of ether oxygens (including phenoxy) is 1. The summed E-state index contributed by atoms with van der Waals surface area (Å²) in [5, 5.41) is 10.5. The predicted octanol–water partition coefficient (Wildman–Crippen LogP) is 5.55. The molecular weight excluding hydrogens is 384 g/mol. The molecule has 2 aromatic carbocycles. The molecular formula is C24H23ClN2O2. The number of rotatable bonds is 6. The van der Waals surface area contributed by atoms with E-state index in [0.29, 0.717) is 28.3 Å². The van der Waals surface area contributed by atoms with Crippen LogP contribution in [0.15, 0.2) is 48.5 Å². The zero-order valence-corrected chi connectivity index (χ0v) is 17.6. The van der Waals surface area contributed by atoms with Gasteiger partial charge in [0.05, 0.1) is 12.2 Å². The Bertz CT molecular complexity index is 1080. The van der Waals surface area contributed by atoms with E-state index in [-0.39, 0.29) is 6.61 Å². The van der Waals surface area contributed by atoms with E-state index < -0.39 is 5.97 Å². The van der Waals surface area contributed by atoms with Crippen LogP contribution in [0, 0.1) is 11.3 Å². The van der Waals surface area contributed by atoms with Gasteiger partial charge in [-0.15, -0.1) is 0 Å². The van der Waals surface area contributed by atoms with Crippen LogP contribution in [0.4, 0.5) is 0 Å². The monoisotopic (exact) mass is 406 g/mol. The van der Waals surface area contributed by atoms with Gasteiger partial charge in [-0.3, -0.25) is 0 Å². The molecule has 4 nitrogen and oxygen atoms in total. The minimum atomic E-state index is -0.413. The number of benzene rings is 2. The summed E-state index contributed by atoms with van der Waals surface area (Å²) in [6.07, 6.45) is 1.41. The number of nitriles is 1. The van der Waals surface area contributed by atoms with Crippen LogP contribution in [0.2, 0.25) is 5.02 Å². The van der Waals surface area contributed by atoms with Crippen LogP contribution in [0.3, 0.4) is 0 Å². The van der Waals surface area contributed by atoms with Gasteiger partial charge >= 0.3 is 5.97 Å². The van der Waals surface area contributed by atoms with Crippen LogP contribution < -0.4 is 0 Å². The van der Waals surface area contributed by atoms with E-state index in [9.17, 15) is 10.1 Å². The molecule has 0 bridgehead atoms. The maximum atomic E-state index is 12.6. The quantitative estimate of drug-likeness (QED) is 0.504. The molecule has 0 amide bonds. The number of hydrogen-bond acceptors (Lipinski definition) is 3. The van der Waals surface area contributed by atoms with Gasteiger partial charge < -0.3 is 9.30 Å². The number of esters is 1. The first-order valence-corrected chi connectivity index (χ1v) is 10.00. The molecule has 0 spiro atoms. The Kier molecular flexibility index (Phi) is 6.41. The summed E-state index contributed by atoms with van der Waals surface area (Å²) in [6.45, 7) is 4.03. The van der Waals surface area contributed by atoms with Crippen molar-refractivity contribution in [3.05, 3.63) is 81.6 Å². The van der Waals surface area contributed by atoms with Gasteiger partial charge in [-0.2, -0.15) is 5.26 Å². The summed E-state index contributed by atoms with van der Waals surface area (Å²) in [7, 11) is 1.81. The third-order valence-corrected chi connectivity index (χ3v) is 5.21.